The highest BCUT2D eigenvalue weighted by Crippen LogP contribution is 2.53. The van der Waals surface area contributed by atoms with Gasteiger partial charge in [-0.1, -0.05) is 12.1 Å². The quantitative estimate of drug-likeness (QED) is 0.790. The maximum absolute atomic E-state index is 3.90. The Morgan fingerprint density at radius 1 is 1.00 bits per heavy atom. The van der Waals surface area contributed by atoms with Gasteiger partial charge >= 0.3 is 0 Å². The molecule has 0 spiro atoms. The molecule has 1 N–H and O–H groups in total. The Morgan fingerprint density at radius 3 is 2.32 bits per heavy atom. The van der Waals surface area contributed by atoms with Crippen molar-refractivity contribution in [2.45, 2.75) is 44.7 Å². The molecule has 2 heteroatoms. The lowest BCUT2D eigenvalue weighted by molar-refractivity contribution is -0.0142. The maximum atomic E-state index is 3.90. The fraction of sp³-hybridized carbons (Fsp3) is 0.647. The topological polar surface area (TPSA) is 12.0 Å². The minimum Gasteiger partial charge on any atom is -0.309 e. The van der Waals surface area contributed by atoms with E-state index in [-0.39, 0.29) is 0 Å². The summed E-state index contributed by atoms with van der Waals surface area (Å²) in [4.78, 5) is 0. The molecule has 4 fully saturated rings. The molecule has 0 unspecified atom stereocenters. The van der Waals surface area contributed by atoms with Crippen LogP contribution in [0.2, 0.25) is 0 Å². The first kappa shape index (κ1) is 12.6. The van der Waals surface area contributed by atoms with Crippen molar-refractivity contribution < 1.29 is 0 Å². The van der Waals surface area contributed by atoms with Gasteiger partial charge in [-0.15, -0.1) is 0 Å². The van der Waals surface area contributed by atoms with Gasteiger partial charge in [0.05, 0.1) is 0 Å². The molecule has 19 heavy (non-hydrogen) atoms. The van der Waals surface area contributed by atoms with Gasteiger partial charge in [-0.3, -0.25) is 0 Å². The van der Waals surface area contributed by atoms with Crippen molar-refractivity contribution in [3.05, 3.63) is 33.4 Å². The van der Waals surface area contributed by atoms with Gasteiger partial charge in [-0.2, -0.15) is 0 Å². The van der Waals surface area contributed by atoms with Crippen molar-refractivity contribution in [3.63, 3.8) is 0 Å². The second-order valence-corrected chi connectivity index (χ2v) is 8.21. The van der Waals surface area contributed by atoms with Gasteiger partial charge in [-0.25, -0.2) is 0 Å². The summed E-state index contributed by atoms with van der Waals surface area (Å²) in [5.41, 5.74) is 1.45. The van der Waals surface area contributed by atoms with E-state index in [1.165, 1.54) is 34.8 Å². The molecule has 4 saturated carbocycles. The summed E-state index contributed by atoms with van der Waals surface area (Å²) >= 11 is 2.41. The van der Waals surface area contributed by atoms with E-state index in [1.807, 2.05) is 0 Å². The first-order valence-corrected chi connectivity index (χ1v) is 8.83. The Labute approximate surface area is 129 Å². The van der Waals surface area contributed by atoms with E-state index in [4.69, 9.17) is 0 Å². The third kappa shape index (κ3) is 2.46. The number of nitrogens with one attached hydrogen (secondary N) is 1. The number of halogens is 1. The van der Waals surface area contributed by atoms with Crippen molar-refractivity contribution in [3.8, 4) is 0 Å². The summed E-state index contributed by atoms with van der Waals surface area (Å²) in [6.07, 6.45) is 7.60. The van der Waals surface area contributed by atoms with Gasteiger partial charge in [0.25, 0.3) is 0 Å². The highest BCUT2D eigenvalue weighted by atomic mass is 127. The van der Waals surface area contributed by atoms with Crippen LogP contribution in [0.5, 0.6) is 0 Å². The predicted molar refractivity (Wildman–Crippen MR) is 86.8 cm³/mol. The van der Waals surface area contributed by atoms with Gasteiger partial charge in [-0.05, 0) is 96.1 Å². The van der Waals surface area contributed by atoms with E-state index < -0.39 is 0 Å². The monoisotopic (exact) mass is 367 g/mol. The van der Waals surface area contributed by atoms with Crippen molar-refractivity contribution in [2.75, 3.05) is 0 Å². The second-order valence-electron chi connectivity index (χ2n) is 6.97. The normalized spacial score (nSPS) is 39.7. The Bertz CT molecular complexity index is 442. The van der Waals surface area contributed by atoms with Crippen LogP contribution in [0.25, 0.3) is 0 Å². The number of hydrogen-bond donors (Lipinski definition) is 1. The molecule has 1 nitrogen and oxygen atoms in total. The van der Waals surface area contributed by atoms with E-state index in [0.29, 0.717) is 0 Å². The summed E-state index contributed by atoms with van der Waals surface area (Å²) in [5.74, 6) is 4.13. The van der Waals surface area contributed by atoms with Crippen LogP contribution in [-0.4, -0.2) is 6.04 Å². The molecule has 5 rings (SSSR count). The lowest BCUT2D eigenvalue weighted by atomic mass is 9.54. The minimum absolute atomic E-state index is 0.811. The highest BCUT2D eigenvalue weighted by molar-refractivity contribution is 14.1. The average Bonchev–Trinajstić information content (AvgIpc) is 2.37. The van der Waals surface area contributed by atoms with Crippen molar-refractivity contribution in [1.29, 1.82) is 0 Å². The largest absolute Gasteiger partial charge is 0.309 e. The fourth-order valence-corrected chi connectivity index (χ4v) is 5.75. The van der Waals surface area contributed by atoms with Crippen LogP contribution < -0.4 is 5.32 Å². The zero-order valence-electron chi connectivity index (χ0n) is 11.3. The molecule has 0 aliphatic heterocycles. The van der Waals surface area contributed by atoms with E-state index in [9.17, 15) is 0 Å². The number of benzene rings is 1. The molecule has 0 aromatic heterocycles. The van der Waals surface area contributed by atoms with E-state index in [2.05, 4.69) is 52.2 Å². The van der Waals surface area contributed by atoms with Crippen LogP contribution in [0.1, 0.15) is 37.7 Å². The molecule has 1 aromatic carbocycles. The third-order valence-electron chi connectivity index (χ3n) is 5.66. The standard InChI is InChI=1S/C17H22IN/c18-16-3-1-2-11(9-16)10-19-17-14-5-12-4-13(7-14)8-15(17)6-12/h1-3,9,12-15,17,19H,4-8,10H2. The molecule has 102 valence electrons. The van der Waals surface area contributed by atoms with Crippen molar-refractivity contribution >= 4 is 22.6 Å². The molecular formula is C17H22IN. The SMILES string of the molecule is Ic1cccc(CNC2C3CC4CC(C3)CC2C4)c1. The molecule has 0 radical (unpaired) electrons. The number of hydrogen-bond acceptors (Lipinski definition) is 1. The smallest absolute Gasteiger partial charge is 0.0208 e. The molecule has 0 amide bonds. The van der Waals surface area contributed by atoms with Crippen LogP contribution in [0.3, 0.4) is 0 Å². The van der Waals surface area contributed by atoms with Crippen LogP contribution in [0.15, 0.2) is 24.3 Å². The Morgan fingerprint density at radius 2 is 1.68 bits per heavy atom. The van der Waals surface area contributed by atoms with Gasteiger partial charge in [0, 0.05) is 16.2 Å². The fourth-order valence-electron chi connectivity index (χ4n) is 5.14. The Balaban J connectivity index is 1.43. The summed E-state index contributed by atoms with van der Waals surface area (Å²) in [7, 11) is 0. The molecule has 1 aromatic rings. The summed E-state index contributed by atoms with van der Waals surface area (Å²) in [5, 5.41) is 3.90. The second kappa shape index (κ2) is 5.03. The Kier molecular flexibility index (Phi) is 3.34. The van der Waals surface area contributed by atoms with Crippen molar-refractivity contribution in [2.24, 2.45) is 23.7 Å². The van der Waals surface area contributed by atoms with Gasteiger partial charge in [0.1, 0.15) is 0 Å². The Hall–Kier alpha value is -0.0900. The molecule has 4 bridgehead atoms. The first-order chi connectivity index (χ1) is 9.28. The molecule has 0 heterocycles. The van der Waals surface area contributed by atoms with Crippen LogP contribution >= 0.6 is 22.6 Å². The van der Waals surface area contributed by atoms with Gasteiger partial charge in [0.2, 0.25) is 0 Å². The van der Waals surface area contributed by atoms with E-state index in [1.54, 1.807) is 6.42 Å². The molecule has 0 saturated heterocycles. The zero-order chi connectivity index (χ0) is 12.8. The van der Waals surface area contributed by atoms with Crippen LogP contribution in [0, 0.1) is 27.2 Å². The third-order valence-corrected chi connectivity index (χ3v) is 6.33. The average molecular weight is 367 g/mol. The minimum atomic E-state index is 0.811. The molecule has 4 aliphatic rings. The lowest BCUT2D eigenvalue weighted by Crippen LogP contribution is -2.54. The first-order valence-electron chi connectivity index (χ1n) is 7.76. The number of rotatable bonds is 3. The van der Waals surface area contributed by atoms with E-state index in [0.717, 1.165) is 36.3 Å². The van der Waals surface area contributed by atoms with Gasteiger partial charge < -0.3 is 5.32 Å². The summed E-state index contributed by atoms with van der Waals surface area (Å²) in [6, 6.07) is 9.72. The molecular weight excluding hydrogens is 345 g/mol. The summed E-state index contributed by atoms with van der Waals surface area (Å²) in [6.45, 7) is 1.06. The summed E-state index contributed by atoms with van der Waals surface area (Å²) < 4.78 is 1.35. The van der Waals surface area contributed by atoms with E-state index >= 15 is 0 Å². The van der Waals surface area contributed by atoms with Gasteiger partial charge in [0.15, 0.2) is 0 Å². The molecule has 0 atom stereocenters. The lowest BCUT2D eigenvalue weighted by Gasteiger charge is -2.54. The van der Waals surface area contributed by atoms with Crippen LogP contribution in [-0.2, 0) is 6.54 Å². The predicted octanol–water partition coefficient (Wildman–Crippen LogP) is 4.21. The van der Waals surface area contributed by atoms with Crippen molar-refractivity contribution in [1.82, 2.24) is 5.32 Å². The zero-order valence-corrected chi connectivity index (χ0v) is 13.5. The molecule has 4 aliphatic carbocycles. The maximum Gasteiger partial charge on any atom is 0.0208 e. The highest BCUT2D eigenvalue weighted by Gasteiger charge is 2.47. The van der Waals surface area contributed by atoms with Crippen LogP contribution in [0.4, 0.5) is 0 Å².